The van der Waals surface area contributed by atoms with Crippen molar-refractivity contribution < 1.29 is 4.52 Å². The molecule has 3 rings (SSSR count). The van der Waals surface area contributed by atoms with Gasteiger partial charge in [0.2, 0.25) is 0 Å². The van der Waals surface area contributed by atoms with Gasteiger partial charge in [0.25, 0.3) is 0 Å². The van der Waals surface area contributed by atoms with Crippen molar-refractivity contribution in [2.24, 2.45) is 0 Å². The topological polar surface area (TPSA) is 61.2 Å². The fourth-order valence-electron chi connectivity index (χ4n) is 2.58. The van der Waals surface area contributed by atoms with Crippen molar-refractivity contribution in [1.82, 2.24) is 20.3 Å². The minimum atomic E-state index is 0.388. The summed E-state index contributed by atoms with van der Waals surface area (Å²) in [6.45, 7) is 10.9. The van der Waals surface area contributed by atoms with Crippen molar-refractivity contribution >= 4 is 5.82 Å². The molecule has 1 N–H and O–H groups in total. The fourth-order valence-corrected chi connectivity index (χ4v) is 2.58. The molecule has 6 heteroatoms. The van der Waals surface area contributed by atoms with Crippen LogP contribution >= 0.6 is 0 Å². The number of anilines is 1. The minimum absolute atomic E-state index is 0.388. The maximum absolute atomic E-state index is 5.44. The Balaban J connectivity index is 1.65. The van der Waals surface area contributed by atoms with Crippen LogP contribution in [0.5, 0.6) is 0 Å². The van der Waals surface area contributed by atoms with Gasteiger partial charge in [-0.15, -0.1) is 0 Å². The Kier molecular flexibility index (Phi) is 4.41. The van der Waals surface area contributed by atoms with E-state index in [1.165, 1.54) is 0 Å². The third-order valence-corrected chi connectivity index (χ3v) is 4.05. The predicted molar refractivity (Wildman–Crippen MR) is 90.2 cm³/mol. The molecule has 0 radical (unpaired) electrons. The molecule has 3 heterocycles. The summed E-state index contributed by atoms with van der Waals surface area (Å²) in [6.07, 6.45) is 4.26. The van der Waals surface area contributed by atoms with Gasteiger partial charge in [-0.25, -0.2) is 0 Å². The molecule has 0 aliphatic carbocycles. The molecule has 0 saturated carbocycles. The quantitative estimate of drug-likeness (QED) is 0.916. The highest BCUT2D eigenvalue weighted by atomic mass is 16.5. The lowest BCUT2D eigenvalue weighted by molar-refractivity contribution is 0.289. The molecule has 0 saturated heterocycles. The molecule has 0 aromatic carbocycles. The van der Waals surface area contributed by atoms with Crippen LogP contribution in [0.25, 0.3) is 0 Å². The van der Waals surface area contributed by atoms with Gasteiger partial charge in [0.05, 0.1) is 18.9 Å². The summed E-state index contributed by atoms with van der Waals surface area (Å²) >= 11 is 0. The van der Waals surface area contributed by atoms with E-state index in [4.69, 9.17) is 4.52 Å². The van der Waals surface area contributed by atoms with Crippen LogP contribution in [-0.4, -0.2) is 33.5 Å². The molecule has 0 bridgehead atoms. The second-order valence-corrected chi connectivity index (χ2v) is 6.70. The van der Waals surface area contributed by atoms with Gasteiger partial charge in [-0.1, -0.05) is 32.9 Å². The number of H-pyrrole nitrogens is 1. The van der Waals surface area contributed by atoms with Crippen LogP contribution in [0.15, 0.2) is 28.9 Å². The van der Waals surface area contributed by atoms with Crippen LogP contribution < -0.4 is 4.90 Å². The third-order valence-electron chi connectivity index (χ3n) is 4.05. The predicted octanol–water partition coefficient (Wildman–Crippen LogP) is 3.44. The van der Waals surface area contributed by atoms with E-state index in [1.807, 2.05) is 6.07 Å². The first-order valence-electron chi connectivity index (χ1n) is 8.19. The zero-order chi connectivity index (χ0) is 16.4. The van der Waals surface area contributed by atoms with Gasteiger partial charge in [-0.05, 0) is 24.1 Å². The lowest BCUT2D eigenvalue weighted by Crippen LogP contribution is -2.38. The van der Waals surface area contributed by atoms with Crippen LogP contribution in [0.3, 0.4) is 0 Å². The molecule has 0 amide bonds. The molecule has 0 atom stereocenters. The zero-order valence-corrected chi connectivity index (χ0v) is 14.3. The van der Waals surface area contributed by atoms with Crippen molar-refractivity contribution in [2.45, 2.75) is 46.1 Å². The van der Waals surface area contributed by atoms with E-state index in [1.54, 1.807) is 0 Å². The van der Waals surface area contributed by atoms with Crippen LogP contribution in [0.4, 0.5) is 5.82 Å². The fraction of sp³-hybridized carbons (Fsp3) is 0.529. The van der Waals surface area contributed by atoms with Crippen LogP contribution in [0, 0.1) is 0 Å². The molecule has 1 aliphatic rings. The van der Waals surface area contributed by atoms with Gasteiger partial charge in [0.1, 0.15) is 0 Å². The molecule has 124 valence electrons. The Morgan fingerprint density at radius 2 is 2.04 bits per heavy atom. The highest BCUT2D eigenvalue weighted by molar-refractivity contribution is 5.41. The number of hydrogen-bond acceptors (Lipinski definition) is 5. The molecule has 6 nitrogen and oxygen atoms in total. The maximum Gasteiger partial charge on any atom is 0.156 e. The normalized spacial score (nSPS) is 15.2. The Bertz CT molecular complexity index is 670. The van der Waals surface area contributed by atoms with Gasteiger partial charge in [0.15, 0.2) is 11.6 Å². The summed E-state index contributed by atoms with van der Waals surface area (Å²) in [6, 6.07) is 4.18. The van der Waals surface area contributed by atoms with E-state index < -0.39 is 0 Å². The molecule has 0 spiro atoms. The monoisotopic (exact) mass is 315 g/mol. The van der Waals surface area contributed by atoms with E-state index in [-0.39, 0.29) is 0 Å². The summed E-state index contributed by atoms with van der Waals surface area (Å²) in [5.74, 6) is 2.73. The number of hydrogen-bond donors (Lipinski definition) is 1. The van der Waals surface area contributed by atoms with Gasteiger partial charge in [-0.2, -0.15) is 5.10 Å². The molecule has 1 aliphatic heterocycles. The van der Waals surface area contributed by atoms with Crippen molar-refractivity contribution in [3.05, 3.63) is 41.6 Å². The zero-order valence-electron chi connectivity index (χ0n) is 14.3. The number of rotatable bonds is 5. The maximum atomic E-state index is 5.44. The summed E-state index contributed by atoms with van der Waals surface area (Å²) < 4.78 is 5.44. The molecule has 0 fully saturated rings. The van der Waals surface area contributed by atoms with E-state index >= 15 is 0 Å². The lowest BCUT2D eigenvalue weighted by atomic mass is 10.1. The van der Waals surface area contributed by atoms with Gasteiger partial charge >= 0.3 is 0 Å². The summed E-state index contributed by atoms with van der Waals surface area (Å²) in [7, 11) is 0. The summed E-state index contributed by atoms with van der Waals surface area (Å²) in [5, 5.41) is 11.7. The first-order valence-corrected chi connectivity index (χ1v) is 8.19. The third kappa shape index (κ3) is 3.57. The Morgan fingerprint density at radius 1 is 1.22 bits per heavy atom. The highest BCUT2D eigenvalue weighted by Crippen LogP contribution is 2.21. The first-order chi connectivity index (χ1) is 11.0. The van der Waals surface area contributed by atoms with Crippen LogP contribution in [0.1, 0.15) is 56.7 Å². The average molecular weight is 315 g/mol. The van der Waals surface area contributed by atoms with E-state index in [2.05, 4.69) is 71.2 Å². The molecule has 23 heavy (non-hydrogen) atoms. The van der Waals surface area contributed by atoms with Crippen molar-refractivity contribution in [3.8, 4) is 0 Å². The highest BCUT2D eigenvalue weighted by Gasteiger charge is 2.18. The number of nitrogens with one attached hydrogen (secondary N) is 1. The van der Waals surface area contributed by atoms with Crippen molar-refractivity contribution in [1.29, 1.82) is 0 Å². The smallest absolute Gasteiger partial charge is 0.156 e. The second-order valence-electron chi connectivity index (χ2n) is 6.70. The Hall–Kier alpha value is -2.24. The molecular weight excluding hydrogens is 290 g/mol. The minimum Gasteiger partial charge on any atom is -0.359 e. The van der Waals surface area contributed by atoms with Crippen LogP contribution in [-0.2, 0) is 6.54 Å². The lowest BCUT2D eigenvalue weighted by Gasteiger charge is -2.32. The SMILES string of the molecule is CC(C)c1cc(CN2C=CCN(c3cc(C(C)C)[nH]n3)C2)on1. The number of aromatic nitrogens is 3. The number of nitrogens with zero attached hydrogens (tertiary/aromatic N) is 4. The van der Waals surface area contributed by atoms with Crippen molar-refractivity contribution in [2.75, 3.05) is 18.1 Å². The molecule has 2 aromatic rings. The van der Waals surface area contributed by atoms with Gasteiger partial charge in [-0.3, -0.25) is 5.10 Å². The standard InChI is InChI=1S/C17H25N5O/c1-12(2)15-9-17(19-18-15)22-7-5-6-21(11-22)10-14-8-16(13(3)4)20-23-14/h5-6,8-9,12-13H,7,10-11H2,1-4H3,(H,18,19). The second kappa shape index (κ2) is 6.48. The largest absolute Gasteiger partial charge is 0.359 e. The molecule has 0 unspecified atom stereocenters. The first kappa shape index (κ1) is 15.6. The molecular formula is C17H25N5O. The number of aromatic amines is 1. The Labute approximate surface area is 137 Å². The van der Waals surface area contributed by atoms with E-state index in [0.717, 1.165) is 36.2 Å². The summed E-state index contributed by atoms with van der Waals surface area (Å²) in [5.41, 5.74) is 2.17. The average Bonchev–Trinajstić information content (AvgIpc) is 3.16. The van der Waals surface area contributed by atoms with Gasteiger partial charge in [0, 0.05) is 24.4 Å². The van der Waals surface area contributed by atoms with Crippen molar-refractivity contribution in [3.63, 3.8) is 0 Å². The van der Waals surface area contributed by atoms with E-state index in [9.17, 15) is 0 Å². The van der Waals surface area contributed by atoms with Crippen LogP contribution in [0.2, 0.25) is 0 Å². The molecule has 2 aromatic heterocycles. The van der Waals surface area contributed by atoms with Gasteiger partial charge < -0.3 is 14.3 Å². The Morgan fingerprint density at radius 3 is 2.70 bits per heavy atom. The summed E-state index contributed by atoms with van der Waals surface area (Å²) in [4.78, 5) is 4.44. The van der Waals surface area contributed by atoms with E-state index in [0.29, 0.717) is 18.4 Å².